The molecule has 3 heterocycles. The molecule has 6 nitrogen and oxygen atoms in total. The topological polar surface area (TPSA) is 78.1 Å². The minimum atomic E-state index is -0.201. The number of H-pyrrole nitrogens is 1. The largest absolute Gasteiger partial charge is 0.345 e. The van der Waals surface area contributed by atoms with Gasteiger partial charge in [-0.1, -0.05) is 29.8 Å². The molecule has 1 aliphatic heterocycles. The molecule has 0 bridgehead atoms. The van der Waals surface area contributed by atoms with Crippen LogP contribution in [0.4, 0.5) is 5.82 Å². The van der Waals surface area contributed by atoms with Gasteiger partial charge in [0.1, 0.15) is 11.0 Å². The normalized spacial score (nSPS) is 14.7. The maximum absolute atomic E-state index is 12.7. The third-order valence-corrected chi connectivity index (χ3v) is 5.63. The van der Waals surface area contributed by atoms with E-state index in [4.69, 9.17) is 11.6 Å². The molecule has 0 radical (unpaired) electrons. The van der Waals surface area contributed by atoms with Crippen LogP contribution in [0.25, 0.3) is 17.0 Å². The number of amides is 2. The summed E-state index contributed by atoms with van der Waals surface area (Å²) in [7, 11) is 1.76. The summed E-state index contributed by atoms with van der Waals surface area (Å²) in [5.41, 5.74) is 3.64. The molecule has 0 aliphatic carbocycles. The molecular formula is C22H21ClN4O2. The van der Waals surface area contributed by atoms with Gasteiger partial charge in [0.05, 0.1) is 6.04 Å². The maximum Gasteiger partial charge on any atom is 0.246 e. The van der Waals surface area contributed by atoms with Gasteiger partial charge in [-0.05, 0) is 42.7 Å². The van der Waals surface area contributed by atoms with Gasteiger partial charge < -0.3 is 15.2 Å². The van der Waals surface area contributed by atoms with Crippen molar-refractivity contribution in [2.75, 3.05) is 12.4 Å². The standard InChI is InChI=1S/C22H21ClN4O2/c1-13(20-16-5-3-4-6-17(16)25-21(20)23)27(2)19(29)10-7-14-11-15-8-9-18(28)26-22(15)24-12-14/h3-7,10-13,25H,8-9H2,1-2H3,(H,24,26,28)/b10-7+. The number of likely N-dealkylation sites (N-methyl/N-ethyl adjacent to an activating group) is 1. The molecule has 1 atom stereocenters. The predicted molar refractivity (Wildman–Crippen MR) is 115 cm³/mol. The highest BCUT2D eigenvalue weighted by Gasteiger charge is 2.22. The number of carbonyl (C=O) groups is 2. The number of anilines is 1. The van der Waals surface area contributed by atoms with Crippen molar-refractivity contribution in [1.29, 1.82) is 0 Å². The number of halogens is 1. The summed E-state index contributed by atoms with van der Waals surface area (Å²) in [6, 6.07) is 9.60. The molecule has 1 aliphatic rings. The lowest BCUT2D eigenvalue weighted by Crippen LogP contribution is -2.28. The van der Waals surface area contributed by atoms with Crippen LogP contribution in [0.1, 0.15) is 36.1 Å². The van der Waals surface area contributed by atoms with Gasteiger partial charge in [-0.2, -0.15) is 0 Å². The van der Waals surface area contributed by atoms with Crippen LogP contribution in [0.2, 0.25) is 5.15 Å². The minimum Gasteiger partial charge on any atom is -0.345 e. The molecule has 0 saturated carbocycles. The second-order valence-corrected chi connectivity index (χ2v) is 7.56. The van der Waals surface area contributed by atoms with Gasteiger partial charge in [0.15, 0.2) is 0 Å². The number of hydrogen-bond donors (Lipinski definition) is 2. The number of aryl methyl sites for hydroxylation is 1. The quantitative estimate of drug-likeness (QED) is 0.630. The van der Waals surface area contributed by atoms with Crippen molar-refractivity contribution < 1.29 is 9.59 Å². The number of nitrogens with one attached hydrogen (secondary N) is 2. The Balaban J connectivity index is 1.52. The summed E-state index contributed by atoms with van der Waals surface area (Å²) in [6.07, 6.45) is 6.02. The van der Waals surface area contributed by atoms with Crippen molar-refractivity contribution in [3.05, 3.63) is 64.4 Å². The fourth-order valence-corrected chi connectivity index (χ4v) is 3.94. The first-order chi connectivity index (χ1) is 13.9. The Bertz CT molecular complexity index is 1140. The van der Waals surface area contributed by atoms with Gasteiger partial charge in [-0.15, -0.1) is 0 Å². The van der Waals surface area contributed by atoms with Crippen LogP contribution in [0.15, 0.2) is 42.6 Å². The van der Waals surface area contributed by atoms with Gasteiger partial charge in [-0.3, -0.25) is 9.59 Å². The minimum absolute atomic E-state index is 0.0185. The highest BCUT2D eigenvalue weighted by Crippen LogP contribution is 2.33. The third-order valence-electron chi connectivity index (χ3n) is 5.33. The third kappa shape index (κ3) is 3.76. The molecule has 29 heavy (non-hydrogen) atoms. The molecule has 1 unspecified atom stereocenters. The van der Waals surface area contributed by atoms with Gasteiger partial charge in [0.25, 0.3) is 0 Å². The van der Waals surface area contributed by atoms with E-state index in [1.165, 1.54) is 6.08 Å². The Hall–Kier alpha value is -3.12. The molecule has 0 saturated heterocycles. The molecule has 2 N–H and O–H groups in total. The molecule has 2 amide bonds. The van der Waals surface area contributed by atoms with E-state index in [0.29, 0.717) is 23.8 Å². The van der Waals surface area contributed by atoms with Crippen LogP contribution in [-0.2, 0) is 16.0 Å². The van der Waals surface area contributed by atoms with E-state index in [1.807, 2.05) is 37.3 Å². The van der Waals surface area contributed by atoms with Gasteiger partial charge >= 0.3 is 0 Å². The van der Waals surface area contributed by atoms with E-state index >= 15 is 0 Å². The van der Waals surface area contributed by atoms with Crippen molar-refractivity contribution in [2.24, 2.45) is 0 Å². The number of hydrogen-bond acceptors (Lipinski definition) is 3. The predicted octanol–water partition coefficient (Wildman–Crippen LogP) is 4.33. The SMILES string of the molecule is CC(c1c(Cl)[nH]c2ccccc12)N(C)C(=O)/C=C/c1cnc2c(c1)CCC(=O)N2. The zero-order chi connectivity index (χ0) is 20.5. The van der Waals surface area contributed by atoms with Crippen molar-refractivity contribution in [1.82, 2.24) is 14.9 Å². The highest BCUT2D eigenvalue weighted by atomic mass is 35.5. The van der Waals surface area contributed by atoms with E-state index in [2.05, 4.69) is 15.3 Å². The van der Waals surface area contributed by atoms with Gasteiger partial charge in [0.2, 0.25) is 11.8 Å². The van der Waals surface area contributed by atoms with Crippen molar-refractivity contribution in [3.8, 4) is 0 Å². The van der Waals surface area contributed by atoms with Crippen LogP contribution in [0.3, 0.4) is 0 Å². The van der Waals surface area contributed by atoms with E-state index in [-0.39, 0.29) is 17.9 Å². The fourth-order valence-electron chi connectivity index (χ4n) is 3.57. The highest BCUT2D eigenvalue weighted by molar-refractivity contribution is 6.31. The summed E-state index contributed by atoms with van der Waals surface area (Å²) in [4.78, 5) is 33.3. The molecule has 2 aromatic heterocycles. The van der Waals surface area contributed by atoms with E-state index in [9.17, 15) is 9.59 Å². The van der Waals surface area contributed by atoms with Gasteiger partial charge in [0, 0.05) is 42.2 Å². The molecule has 148 valence electrons. The Morgan fingerprint density at radius 1 is 1.31 bits per heavy atom. The Morgan fingerprint density at radius 2 is 2.10 bits per heavy atom. The van der Waals surface area contributed by atoms with E-state index in [0.717, 1.165) is 27.6 Å². The van der Waals surface area contributed by atoms with Crippen molar-refractivity contribution in [3.63, 3.8) is 0 Å². The number of rotatable bonds is 4. The summed E-state index contributed by atoms with van der Waals surface area (Å²) < 4.78 is 0. The molecular weight excluding hydrogens is 388 g/mol. The number of benzene rings is 1. The summed E-state index contributed by atoms with van der Waals surface area (Å²) in [5.74, 6) is 0.448. The van der Waals surface area contributed by atoms with Gasteiger partial charge in [-0.25, -0.2) is 4.98 Å². The average molecular weight is 409 g/mol. The number of carbonyl (C=O) groups excluding carboxylic acids is 2. The van der Waals surface area contributed by atoms with Crippen LogP contribution in [0.5, 0.6) is 0 Å². The lowest BCUT2D eigenvalue weighted by atomic mass is 10.0. The van der Waals surface area contributed by atoms with Crippen LogP contribution in [-0.4, -0.2) is 33.7 Å². The number of pyridine rings is 1. The number of para-hydroxylation sites is 1. The van der Waals surface area contributed by atoms with Crippen LogP contribution < -0.4 is 5.32 Å². The fraction of sp³-hybridized carbons (Fsp3) is 0.227. The Morgan fingerprint density at radius 3 is 2.93 bits per heavy atom. The first kappa shape index (κ1) is 19.2. The van der Waals surface area contributed by atoms with Crippen LogP contribution >= 0.6 is 11.6 Å². The van der Waals surface area contributed by atoms with E-state index < -0.39 is 0 Å². The number of aromatic amines is 1. The average Bonchev–Trinajstić information content (AvgIpc) is 3.06. The van der Waals surface area contributed by atoms with Crippen molar-refractivity contribution in [2.45, 2.75) is 25.8 Å². The Kier molecular flexibility index (Phi) is 5.11. The van der Waals surface area contributed by atoms with E-state index in [1.54, 1.807) is 24.2 Å². The zero-order valence-electron chi connectivity index (χ0n) is 16.2. The van der Waals surface area contributed by atoms with Crippen LogP contribution in [0, 0.1) is 0 Å². The molecule has 1 aromatic carbocycles. The monoisotopic (exact) mass is 408 g/mol. The smallest absolute Gasteiger partial charge is 0.246 e. The summed E-state index contributed by atoms with van der Waals surface area (Å²) in [6.45, 7) is 1.95. The molecule has 0 fully saturated rings. The molecule has 7 heteroatoms. The molecule has 3 aromatic rings. The molecule has 0 spiro atoms. The number of fused-ring (bicyclic) bond motifs is 2. The lowest BCUT2D eigenvalue weighted by Gasteiger charge is -2.24. The first-order valence-electron chi connectivity index (χ1n) is 9.44. The number of aromatic nitrogens is 2. The first-order valence-corrected chi connectivity index (χ1v) is 9.81. The summed E-state index contributed by atoms with van der Waals surface area (Å²) >= 11 is 6.41. The summed E-state index contributed by atoms with van der Waals surface area (Å²) in [5, 5.41) is 4.31. The number of nitrogens with zero attached hydrogens (tertiary/aromatic N) is 2. The zero-order valence-corrected chi connectivity index (χ0v) is 17.0. The second-order valence-electron chi connectivity index (χ2n) is 7.18. The molecule has 4 rings (SSSR count). The lowest BCUT2D eigenvalue weighted by molar-refractivity contribution is -0.126. The maximum atomic E-state index is 12.7. The Labute approximate surface area is 173 Å². The van der Waals surface area contributed by atoms with Crippen molar-refractivity contribution >= 4 is 46.2 Å². The second kappa shape index (κ2) is 7.72.